The number of nitrogens with two attached hydrogens (primary N) is 1. The van der Waals surface area contributed by atoms with E-state index in [1.807, 2.05) is 0 Å². The zero-order valence-corrected chi connectivity index (χ0v) is 11.4. The van der Waals surface area contributed by atoms with Crippen molar-refractivity contribution in [1.82, 2.24) is 9.78 Å². The number of anilines is 1. The second-order valence-corrected chi connectivity index (χ2v) is 5.20. The predicted molar refractivity (Wildman–Crippen MR) is 74.4 cm³/mol. The predicted octanol–water partition coefficient (Wildman–Crippen LogP) is 0.571. The van der Waals surface area contributed by atoms with Crippen molar-refractivity contribution in [2.24, 2.45) is 5.73 Å². The fourth-order valence-corrected chi connectivity index (χ4v) is 2.56. The van der Waals surface area contributed by atoms with Crippen molar-refractivity contribution in [3.63, 3.8) is 0 Å². The highest BCUT2D eigenvalue weighted by molar-refractivity contribution is 6.32. The van der Waals surface area contributed by atoms with Crippen molar-refractivity contribution in [3.8, 4) is 0 Å². The summed E-state index contributed by atoms with van der Waals surface area (Å²) in [6.45, 7) is -0.00865. The van der Waals surface area contributed by atoms with Gasteiger partial charge in [-0.05, 0) is 12.8 Å². The summed E-state index contributed by atoms with van der Waals surface area (Å²) in [4.78, 5) is 11.9. The number of hydrogen-bond acceptors (Lipinski definition) is 5. The van der Waals surface area contributed by atoms with Gasteiger partial charge in [-0.1, -0.05) is 24.4 Å². The van der Waals surface area contributed by atoms with Gasteiger partial charge in [-0.15, -0.1) is 0 Å². The van der Waals surface area contributed by atoms with Crippen molar-refractivity contribution in [2.45, 2.75) is 44.3 Å². The van der Waals surface area contributed by atoms with Crippen LogP contribution in [0.2, 0.25) is 5.02 Å². The molecule has 1 aliphatic rings. The van der Waals surface area contributed by atoms with Crippen LogP contribution in [0.15, 0.2) is 11.0 Å². The standard InChI is InChI=1S/C12H19ClN4O2/c13-11-10(7-15-17(5-6-18)12(11)19)16-9-4-2-1-3-8(9)14/h7-9,16,18H,1-6,14H2. The van der Waals surface area contributed by atoms with Crippen LogP contribution in [0.5, 0.6) is 0 Å². The summed E-state index contributed by atoms with van der Waals surface area (Å²) in [5.74, 6) is 0. The van der Waals surface area contributed by atoms with Gasteiger partial charge in [0.1, 0.15) is 5.02 Å². The SMILES string of the molecule is NC1CCCCC1Nc1cnn(CCO)c(=O)c1Cl. The molecule has 0 bridgehead atoms. The van der Waals surface area contributed by atoms with E-state index >= 15 is 0 Å². The minimum atomic E-state index is -0.398. The van der Waals surface area contributed by atoms with Gasteiger partial charge in [0.05, 0.1) is 25.0 Å². The molecule has 1 heterocycles. The van der Waals surface area contributed by atoms with E-state index in [0.717, 1.165) is 30.4 Å². The molecule has 0 saturated heterocycles. The molecule has 1 aromatic heterocycles. The van der Waals surface area contributed by atoms with Crippen LogP contribution in [-0.2, 0) is 6.54 Å². The number of rotatable bonds is 4. The molecule has 2 unspecified atom stereocenters. The van der Waals surface area contributed by atoms with Crippen molar-refractivity contribution >= 4 is 17.3 Å². The van der Waals surface area contributed by atoms with Gasteiger partial charge in [-0.2, -0.15) is 5.10 Å². The van der Waals surface area contributed by atoms with E-state index in [1.54, 1.807) is 0 Å². The summed E-state index contributed by atoms with van der Waals surface area (Å²) in [5, 5.41) is 16.1. The Hall–Kier alpha value is -1.11. The van der Waals surface area contributed by atoms with Crippen LogP contribution in [0.1, 0.15) is 25.7 Å². The molecular formula is C12H19ClN4O2. The molecule has 0 spiro atoms. The van der Waals surface area contributed by atoms with Gasteiger partial charge in [0, 0.05) is 12.1 Å². The van der Waals surface area contributed by atoms with E-state index in [1.165, 1.54) is 6.20 Å². The zero-order valence-electron chi connectivity index (χ0n) is 10.7. The molecule has 106 valence electrons. The molecule has 0 radical (unpaired) electrons. The average Bonchev–Trinajstić information content (AvgIpc) is 2.41. The number of nitrogens with one attached hydrogen (secondary N) is 1. The monoisotopic (exact) mass is 286 g/mol. The molecule has 0 aromatic carbocycles. The van der Waals surface area contributed by atoms with Gasteiger partial charge < -0.3 is 16.2 Å². The highest BCUT2D eigenvalue weighted by atomic mass is 35.5. The molecule has 1 aliphatic carbocycles. The van der Waals surface area contributed by atoms with Crippen LogP contribution in [-0.4, -0.2) is 33.6 Å². The maximum Gasteiger partial charge on any atom is 0.287 e. The van der Waals surface area contributed by atoms with Crippen LogP contribution in [0.3, 0.4) is 0 Å². The third-order valence-corrected chi connectivity index (χ3v) is 3.82. The van der Waals surface area contributed by atoms with Gasteiger partial charge in [0.25, 0.3) is 5.56 Å². The lowest BCUT2D eigenvalue weighted by molar-refractivity contribution is 0.266. The van der Waals surface area contributed by atoms with Crippen molar-refractivity contribution < 1.29 is 5.11 Å². The minimum absolute atomic E-state index is 0.0738. The lowest BCUT2D eigenvalue weighted by Gasteiger charge is -2.30. The van der Waals surface area contributed by atoms with Gasteiger partial charge in [0.2, 0.25) is 0 Å². The molecule has 4 N–H and O–H groups in total. The largest absolute Gasteiger partial charge is 0.394 e. The number of nitrogens with zero attached hydrogens (tertiary/aromatic N) is 2. The Balaban J connectivity index is 2.16. The number of hydrogen-bond donors (Lipinski definition) is 3. The third kappa shape index (κ3) is 3.26. The fourth-order valence-electron chi connectivity index (χ4n) is 2.36. The highest BCUT2D eigenvalue weighted by Gasteiger charge is 2.23. The Kier molecular flexibility index (Phi) is 4.79. The van der Waals surface area contributed by atoms with Crippen LogP contribution < -0.4 is 16.6 Å². The molecule has 1 fully saturated rings. The van der Waals surface area contributed by atoms with Crippen molar-refractivity contribution in [1.29, 1.82) is 0 Å². The number of aromatic nitrogens is 2. The summed E-state index contributed by atoms with van der Waals surface area (Å²) in [5.41, 5.74) is 6.17. The number of halogens is 1. The van der Waals surface area contributed by atoms with Crippen molar-refractivity contribution in [3.05, 3.63) is 21.6 Å². The average molecular weight is 287 g/mol. The number of aliphatic hydroxyl groups excluding tert-OH is 1. The maximum absolute atomic E-state index is 11.9. The third-order valence-electron chi connectivity index (χ3n) is 3.46. The Labute approximate surface area is 116 Å². The lowest BCUT2D eigenvalue weighted by atomic mass is 9.91. The summed E-state index contributed by atoms with van der Waals surface area (Å²) >= 11 is 6.04. The van der Waals surface area contributed by atoms with Gasteiger partial charge >= 0.3 is 0 Å². The van der Waals surface area contributed by atoms with E-state index < -0.39 is 5.56 Å². The summed E-state index contributed by atoms with van der Waals surface area (Å²) in [7, 11) is 0. The van der Waals surface area contributed by atoms with E-state index in [0.29, 0.717) is 5.69 Å². The molecule has 2 atom stereocenters. The normalized spacial score (nSPS) is 23.3. The van der Waals surface area contributed by atoms with E-state index in [9.17, 15) is 4.79 Å². The minimum Gasteiger partial charge on any atom is -0.394 e. The van der Waals surface area contributed by atoms with Crippen molar-refractivity contribution in [2.75, 3.05) is 11.9 Å². The van der Waals surface area contributed by atoms with E-state index in [2.05, 4.69) is 10.4 Å². The quantitative estimate of drug-likeness (QED) is 0.752. The van der Waals surface area contributed by atoms with Gasteiger partial charge in [-0.25, -0.2) is 4.68 Å². The smallest absolute Gasteiger partial charge is 0.287 e. The fraction of sp³-hybridized carbons (Fsp3) is 0.667. The first-order valence-corrected chi connectivity index (χ1v) is 6.90. The highest BCUT2D eigenvalue weighted by Crippen LogP contribution is 2.23. The van der Waals surface area contributed by atoms with Crippen LogP contribution in [0.25, 0.3) is 0 Å². The molecule has 1 saturated carbocycles. The molecule has 7 heteroatoms. The molecule has 1 aromatic rings. The summed E-state index contributed by atoms with van der Waals surface area (Å²) < 4.78 is 1.15. The topological polar surface area (TPSA) is 93.2 Å². The molecule has 2 rings (SSSR count). The Morgan fingerprint density at radius 1 is 1.53 bits per heavy atom. The zero-order chi connectivity index (χ0) is 13.8. The maximum atomic E-state index is 11.9. The van der Waals surface area contributed by atoms with E-state index in [-0.39, 0.29) is 30.3 Å². The number of aliphatic hydroxyl groups is 1. The first kappa shape index (κ1) is 14.3. The summed E-state index contributed by atoms with van der Waals surface area (Å²) in [6.07, 6.45) is 5.73. The van der Waals surface area contributed by atoms with Crippen LogP contribution in [0, 0.1) is 0 Å². The molecular weight excluding hydrogens is 268 g/mol. The first-order valence-electron chi connectivity index (χ1n) is 6.52. The second-order valence-electron chi connectivity index (χ2n) is 4.82. The second kappa shape index (κ2) is 6.36. The molecule has 19 heavy (non-hydrogen) atoms. The Bertz CT molecular complexity index is 491. The molecule has 6 nitrogen and oxygen atoms in total. The molecule has 0 amide bonds. The Morgan fingerprint density at radius 2 is 2.26 bits per heavy atom. The van der Waals surface area contributed by atoms with Crippen LogP contribution in [0.4, 0.5) is 5.69 Å². The van der Waals surface area contributed by atoms with Gasteiger partial charge in [0.15, 0.2) is 0 Å². The van der Waals surface area contributed by atoms with Gasteiger partial charge in [-0.3, -0.25) is 4.79 Å². The Morgan fingerprint density at radius 3 is 2.95 bits per heavy atom. The molecule has 0 aliphatic heterocycles. The van der Waals surface area contributed by atoms with Crippen LogP contribution >= 0.6 is 11.6 Å². The van der Waals surface area contributed by atoms with E-state index in [4.69, 9.17) is 22.4 Å². The lowest BCUT2D eigenvalue weighted by Crippen LogP contribution is -2.43. The summed E-state index contributed by atoms with van der Waals surface area (Å²) in [6, 6.07) is 0.200. The first-order chi connectivity index (χ1) is 9.13.